The van der Waals surface area contributed by atoms with Gasteiger partial charge in [0.2, 0.25) is 11.8 Å². The number of nitrogens with zero attached hydrogens (tertiary/aromatic N) is 4. The van der Waals surface area contributed by atoms with Gasteiger partial charge in [0.25, 0.3) is 5.91 Å². The van der Waals surface area contributed by atoms with Crippen LogP contribution in [0.2, 0.25) is 5.02 Å². The van der Waals surface area contributed by atoms with Gasteiger partial charge >= 0.3 is 0 Å². The zero-order valence-electron chi connectivity index (χ0n) is 26.2. The second kappa shape index (κ2) is 13.3. The van der Waals surface area contributed by atoms with Crippen molar-refractivity contribution in [3.8, 4) is 5.75 Å². The zero-order chi connectivity index (χ0) is 30.8. The van der Waals surface area contributed by atoms with Crippen LogP contribution in [0.5, 0.6) is 5.75 Å². The van der Waals surface area contributed by atoms with Crippen LogP contribution in [0, 0.1) is 38.5 Å². The lowest BCUT2D eigenvalue weighted by Gasteiger charge is -2.34. The molecule has 3 fully saturated rings. The number of methoxy groups -OCH3 is 1. The summed E-state index contributed by atoms with van der Waals surface area (Å²) in [7, 11) is 1.65. The summed E-state index contributed by atoms with van der Waals surface area (Å²) in [5, 5.41) is 0.660. The quantitative estimate of drug-likeness (QED) is 0.424. The second-order valence-electron chi connectivity index (χ2n) is 12.7. The number of piperidine rings is 1. The molecule has 232 valence electrons. The molecular weight excluding hydrogens is 564 g/mol. The van der Waals surface area contributed by atoms with E-state index in [2.05, 4.69) is 4.90 Å². The molecule has 2 aromatic carbocycles. The van der Waals surface area contributed by atoms with Gasteiger partial charge in [-0.25, -0.2) is 0 Å². The topological polar surface area (TPSA) is 73.4 Å². The van der Waals surface area contributed by atoms with Crippen LogP contribution in [0.25, 0.3) is 0 Å². The molecule has 0 aromatic heterocycles. The average Bonchev–Trinajstić information content (AvgIpc) is 3.55. The van der Waals surface area contributed by atoms with Crippen LogP contribution in [0.4, 0.5) is 5.69 Å². The molecule has 43 heavy (non-hydrogen) atoms. The number of fused-ring (bicyclic) bond motifs is 1. The first kappa shape index (κ1) is 31.3. The van der Waals surface area contributed by atoms with Crippen molar-refractivity contribution in [3.05, 3.63) is 57.6 Å². The Morgan fingerprint density at radius 1 is 0.907 bits per heavy atom. The highest BCUT2D eigenvalue weighted by Crippen LogP contribution is 2.34. The molecule has 0 aliphatic carbocycles. The minimum Gasteiger partial charge on any atom is -0.497 e. The molecule has 3 aliphatic rings. The minimum absolute atomic E-state index is 0.0712. The van der Waals surface area contributed by atoms with E-state index in [1.54, 1.807) is 14.0 Å². The lowest BCUT2D eigenvalue weighted by molar-refractivity contribution is -0.133. The third-order valence-electron chi connectivity index (χ3n) is 9.68. The van der Waals surface area contributed by atoms with Crippen LogP contribution in [-0.2, 0) is 9.59 Å². The number of anilines is 1. The van der Waals surface area contributed by atoms with Crippen molar-refractivity contribution >= 4 is 35.0 Å². The molecule has 3 heterocycles. The van der Waals surface area contributed by atoms with E-state index in [-0.39, 0.29) is 23.6 Å². The summed E-state index contributed by atoms with van der Waals surface area (Å²) in [6.45, 7) is 13.8. The van der Waals surface area contributed by atoms with E-state index in [1.807, 2.05) is 65.8 Å². The standard InChI is InChI=1S/C34H45ClN4O4/c1-22-7-8-29(17-31(22)35)39(33(41)26-9-13-37(14-10-26)25(4)40)12-6-11-36-18-27-20-38(21-28(27)19-36)34(42)32-23(2)15-30(43-5)16-24(32)3/h7-8,15-17,26-28H,6,9-14,18-21H2,1-5H3. The van der Waals surface area contributed by atoms with Crippen molar-refractivity contribution in [1.29, 1.82) is 0 Å². The number of carbonyl (C=O) groups is 3. The van der Waals surface area contributed by atoms with E-state index in [0.29, 0.717) is 49.3 Å². The molecule has 0 spiro atoms. The fourth-order valence-electron chi connectivity index (χ4n) is 7.21. The van der Waals surface area contributed by atoms with Gasteiger partial charge in [0.05, 0.1) is 7.11 Å². The first-order valence-corrected chi connectivity index (χ1v) is 15.9. The van der Waals surface area contributed by atoms with Crippen LogP contribution in [0.1, 0.15) is 53.2 Å². The Balaban J connectivity index is 1.17. The average molecular weight is 609 g/mol. The van der Waals surface area contributed by atoms with Gasteiger partial charge in [-0.1, -0.05) is 17.7 Å². The van der Waals surface area contributed by atoms with E-state index >= 15 is 0 Å². The van der Waals surface area contributed by atoms with Crippen LogP contribution < -0.4 is 9.64 Å². The number of carbonyl (C=O) groups excluding carboxylic acids is 3. The van der Waals surface area contributed by atoms with Crippen molar-refractivity contribution in [2.75, 3.05) is 64.4 Å². The number of hydrogen-bond donors (Lipinski definition) is 0. The molecule has 0 bridgehead atoms. The SMILES string of the molecule is COc1cc(C)c(C(=O)N2CC3CN(CCCN(C(=O)C4CCN(C(C)=O)CC4)c4ccc(C)c(Cl)c4)CC3C2)c(C)c1. The summed E-state index contributed by atoms with van der Waals surface area (Å²) in [6.07, 6.45) is 2.24. The van der Waals surface area contributed by atoms with Crippen LogP contribution in [-0.4, -0.2) is 91.9 Å². The smallest absolute Gasteiger partial charge is 0.254 e. The van der Waals surface area contributed by atoms with E-state index in [0.717, 1.165) is 72.8 Å². The van der Waals surface area contributed by atoms with E-state index in [9.17, 15) is 14.4 Å². The highest BCUT2D eigenvalue weighted by molar-refractivity contribution is 6.31. The molecule has 3 aliphatic heterocycles. The van der Waals surface area contributed by atoms with Crippen molar-refractivity contribution in [1.82, 2.24) is 14.7 Å². The molecule has 9 heteroatoms. The van der Waals surface area contributed by atoms with Gasteiger partial charge < -0.3 is 24.3 Å². The first-order chi connectivity index (χ1) is 20.5. The maximum atomic E-state index is 13.8. The van der Waals surface area contributed by atoms with Crippen LogP contribution in [0.15, 0.2) is 30.3 Å². The van der Waals surface area contributed by atoms with E-state index in [4.69, 9.17) is 16.3 Å². The van der Waals surface area contributed by atoms with E-state index in [1.165, 1.54) is 0 Å². The maximum absolute atomic E-state index is 13.8. The van der Waals surface area contributed by atoms with Gasteiger partial charge in [0.15, 0.2) is 0 Å². The maximum Gasteiger partial charge on any atom is 0.254 e. The summed E-state index contributed by atoms with van der Waals surface area (Å²) in [5.74, 6) is 1.96. The third-order valence-corrected chi connectivity index (χ3v) is 10.1. The summed E-state index contributed by atoms with van der Waals surface area (Å²) >= 11 is 6.47. The number of ether oxygens (including phenoxy) is 1. The van der Waals surface area contributed by atoms with Gasteiger partial charge in [0, 0.05) is 74.9 Å². The van der Waals surface area contributed by atoms with Gasteiger partial charge in [-0.3, -0.25) is 14.4 Å². The molecule has 3 saturated heterocycles. The zero-order valence-corrected chi connectivity index (χ0v) is 27.0. The normalized spacial score (nSPS) is 20.8. The molecule has 2 aromatic rings. The largest absolute Gasteiger partial charge is 0.497 e. The molecule has 0 N–H and O–H groups in total. The molecule has 0 saturated carbocycles. The molecule has 0 radical (unpaired) electrons. The monoisotopic (exact) mass is 608 g/mol. The lowest BCUT2D eigenvalue weighted by Crippen LogP contribution is -2.44. The number of amides is 3. The Morgan fingerprint density at radius 3 is 2.09 bits per heavy atom. The second-order valence-corrected chi connectivity index (χ2v) is 13.1. The fourth-order valence-corrected chi connectivity index (χ4v) is 7.38. The molecule has 5 rings (SSSR count). The van der Waals surface area contributed by atoms with Gasteiger partial charge in [-0.05, 0) is 99.4 Å². The van der Waals surface area contributed by atoms with E-state index < -0.39 is 0 Å². The summed E-state index contributed by atoms with van der Waals surface area (Å²) in [6, 6.07) is 9.73. The van der Waals surface area contributed by atoms with Gasteiger partial charge in [0.1, 0.15) is 5.75 Å². The Kier molecular flexibility index (Phi) is 9.67. The van der Waals surface area contributed by atoms with Crippen molar-refractivity contribution in [2.24, 2.45) is 17.8 Å². The Hall–Kier alpha value is -3.10. The number of benzene rings is 2. The van der Waals surface area contributed by atoms with Gasteiger partial charge in [-0.15, -0.1) is 0 Å². The number of aryl methyl sites for hydroxylation is 3. The van der Waals surface area contributed by atoms with Gasteiger partial charge in [-0.2, -0.15) is 0 Å². The van der Waals surface area contributed by atoms with Crippen molar-refractivity contribution in [3.63, 3.8) is 0 Å². The third kappa shape index (κ3) is 6.86. The Morgan fingerprint density at radius 2 is 1.53 bits per heavy atom. The molecule has 2 atom stereocenters. The summed E-state index contributed by atoms with van der Waals surface area (Å²) in [4.78, 5) is 47.3. The molecular formula is C34H45ClN4O4. The Labute approximate surface area is 260 Å². The first-order valence-electron chi connectivity index (χ1n) is 15.6. The highest BCUT2D eigenvalue weighted by Gasteiger charge is 2.42. The summed E-state index contributed by atoms with van der Waals surface area (Å²) in [5.41, 5.74) is 4.54. The number of hydrogen-bond acceptors (Lipinski definition) is 5. The predicted molar refractivity (Wildman–Crippen MR) is 170 cm³/mol. The van der Waals surface area contributed by atoms with Crippen molar-refractivity contribution in [2.45, 2.75) is 47.0 Å². The number of likely N-dealkylation sites (tertiary alicyclic amines) is 3. The molecule has 3 amide bonds. The van der Waals surface area contributed by atoms with Crippen molar-refractivity contribution < 1.29 is 19.1 Å². The van der Waals surface area contributed by atoms with Crippen LogP contribution >= 0.6 is 11.6 Å². The highest BCUT2D eigenvalue weighted by atomic mass is 35.5. The Bertz CT molecular complexity index is 1340. The lowest BCUT2D eigenvalue weighted by atomic mass is 9.94. The minimum atomic E-state index is -0.0942. The molecule has 8 nitrogen and oxygen atoms in total. The number of halogens is 1. The molecule has 2 unspecified atom stereocenters. The number of rotatable bonds is 8. The fraction of sp³-hybridized carbons (Fsp3) is 0.559. The predicted octanol–water partition coefficient (Wildman–Crippen LogP) is 4.96. The van der Waals surface area contributed by atoms with Crippen LogP contribution in [0.3, 0.4) is 0 Å². The summed E-state index contributed by atoms with van der Waals surface area (Å²) < 4.78 is 5.37.